The Balaban J connectivity index is 2.41. The predicted molar refractivity (Wildman–Crippen MR) is 57.7 cm³/mol. The monoisotopic (exact) mass is 260 g/mol. The molecule has 100 valence electrons. The molecule has 7 nitrogen and oxygen atoms in total. The molecule has 1 saturated heterocycles. The van der Waals surface area contributed by atoms with Gasteiger partial charge in [0.1, 0.15) is 12.9 Å². The summed E-state index contributed by atoms with van der Waals surface area (Å²) in [6.07, 6.45) is -2.22. The normalized spacial score (nSPS) is 27.6. The maximum absolute atomic E-state index is 13.7. The summed E-state index contributed by atoms with van der Waals surface area (Å²) in [4.78, 5) is 23.1. The highest BCUT2D eigenvalue weighted by molar-refractivity contribution is 4.91. The van der Waals surface area contributed by atoms with E-state index >= 15 is 0 Å². The molecule has 0 aliphatic carbocycles. The maximum atomic E-state index is 13.7. The number of hydrogen-bond donors (Lipinski definition) is 2. The molecule has 0 amide bonds. The minimum atomic E-state index is -1.45. The second kappa shape index (κ2) is 5.01. The van der Waals surface area contributed by atoms with Gasteiger partial charge in [-0.25, -0.2) is 13.8 Å². The zero-order valence-corrected chi connectivity index (χ0v) is 9.40. The van der Waals surface area contributed by atoms with Crippen molar-refractivity contribution >= 4 is 0 Å². The van der Waals surface area contributed by atoms with Gasteiger partial charge >= 0.3 is 5.69 Å². The molecule has 0 spiro atoms. The Morgan fingerprint density at radius 3 is 2.72 bits per heavy atom. The van der Waals surface area contributed by atoms with Crippen LogP contribution in [-0.2, 0) is 11.5 Å². The van der Waals surface area contributed by atoms with Gasteiger partial charge in [0.2, 0.25) is 0 Å². The van der Waals surface area contributed by atoms with E-state index in [-0.39, 0.29) is 13.0 Å². The van der Waals surface area contributed by atoms with Crippen LogP contribution in [0.3, 0.4) is 0 Å². The van der Waals surface area contributed by atoms with Crippen molar-refractivity contribution in [3.05, 3.63) is 33.1 Å². The standard InChI is InChI=1S/C10H13FN2O5/c11-7-3-6(4-14)18-9(7)12-2-1-8(16)13(5-15)10(12)17/h1-2,6-7,9,14-15H,3-5H2/t6-,7+,9?/m0/s1. The summed E-state index contributed by atoms with van der Waals surface area (Å²) in [5.41, 5.74) is -1.53. The van der Waals surface area contributed by atoms with Crippen molar-refractivity contribution in [3.63, 3.8) is 0 Å². The fourth-order valence-electron chi connectivity index (χ4n) is 1.92. The molecule has 0 radical (unpaired) electrons. The Bertz CT molecular complexity index is 540. The van der Waals surface area contributed by atoms with E-state index in [9.17, 15) is 14.0 Å². The molecule has 3 atom stereocenters. The van der Waals surface area contributed by atoms with E-state index < -0.39 is 36.5 Å². The smallest absolute Gasteiger partial charge is 0.335 e. The van der Waals surface area contributed by atoms with Gasteiger partial charge in [-0.2, -0.15) is 0 Å². The molecule has 2 rings (SSSR count). The Morgan fingerprint density at radius 2 is 2.17 bits per heavy atom. The summed E-state index contributed by atoms with van der Waals surface area (Å²) in [7, 11) is 0. The average molecular weight is 260 g/mol. The van der Waals surface area contributed by atoms with Gasteiger partial charge in [-0.15, -0.1) is 0 Å². The van der Waals surface area contributed by atoms with Crippen molar-refractivity contribution < 1.29 is 19.3 Å². The number of alkyl halides is 1. The summed E-state index contributed by atoms with van der Waals surface area (Å²) in [6, 6.07) is 1.04. The third-order valence-electron chi connectivity index (χ3n) is 2.84. The predicted octanol–water partition coefficient (Wildman–Crippen LogP) is -1.42. The highest BCUT2D eigenvalue weighted by Gasteiger charge is 2.37. The lowest BCUT2D eigenvalue weighted by Gasteiger charge is -2.17. The van der Waals surface area contributed by atoms with E-state index in [0.717, 1.165) is 16.8 Å². The zero-order valence-electron chi connectivity index (χ0n) is 9.40. The molecule has 1 fully saturated rings. The minimum absolute atomic E-state index is 0.0220. The number of aromatic nitrogens is 2. The Labute approximate surface area is 101 Å². The highest BCUT2D eigenvalue weighted by atomic mass is 19.1. The number of rotatable bonds is 3. The van der Waals surface area contributed by atoms with Crippen molar-refractivity contribution in [2.45, 2.75) is 31.7 Å². The second-order valence-corrected chi connectivity index (χ2v) is 4.00. The molecule has 0 bridgehead atoms. The largest absolute Gasteiger partial charge is 0.394 e. The Morgan fingerprint density at radius 1 is 1.44 bits per heavy atom. The lowest BCUT2D eigenvalue weighted by molar-refractivity contribution is -0.0406. The van der Waals surface area contributed by atoms with E-state index in [2.05, 4.69) is 0 Å². The number of aliphatic hydroxyl groups excluding tert-OH is 2. The average Bonchev–Trinajstić information content (AvgIpc) is 2.71. The number of nitrogens with zero attached hydrogens (tertiary/aromatic N) is 2. The lowest BCUT2D eigenvalue weighted by atomic mass is 10.2. The molecular weight excluding hydrogens is 247 g/mol. The fraction of sp³-hybridized carbons (Fsp3) is 0.600. The molecule has 0 saturated carbocycles. The lowest BCUT2D eigenvalue weighted by Crippen LogP contribution is -2.41. The molecule has 1 aromatic heterocycles. The second-order valence-electron chi connectivity index (χ2n) is 4.00. The highest BCUT2D eigenvalue weighted by Crippen LogP contribution is 2.29. The molecule has 1 aliphatic heterocycles. The van der Waals surface area contributed by atoms with E-state index in [4.69, 9.17) is 14.9 Å². The van der Waals surface area contributed by atoms with E-state index in [1.807, 2.05) is 0 Å². The molecule has 1 aliphatic rings. The molecule has 8 heteroatoms. The van der Waals surface area contributed by atoms with Gasteiger partial charge in [-0.05, 0) is 0 Å². The van der Waals surface area contributed by atoms with Crippen LogP contribution in [0.2, 0.25) is 0 Å². The summed E-state index contributed by atoms with van der Waals surface area (Å²) in [5.74, 6) is 0. The third kappa shape index (κ3) is 2.09. The molecule has 18 heavy (non-hydrogen) atoms. The Kier molecular flexibility index (Phi) is 3.60. The number of ether oxygens (including phenoxy) is 1. The van der Waals surface area contributed by atoms with Crippen molar-refractivity contribution in [1.29, 1.82) is 0 Å². The van der Waals surface area contributed by atoms with Crippen LogP contribution in [0.4, 0.5) is 4.39 Å². The van der Waals surface area contributed by atoms with Crippen LogP contribution < -0.4 is 11.2 Å². The SMILES string of the molecule is O=c1ccn(C2O[C@H](CO)C[C@H]2F)c(=O)n1CO. The van der Waals surface area contributed by atoms with Crippen LogP contribution in [0.1, 0.15) is 12.6 Å². The minimum Gasteiger partial charge on any atom is -0.394 e. The fourth-order valence-corrected chi connectivity index (χ4v) is 1.92. The van der Waals surface area contributed by atoms with Gasteiger partial charge < -0.3 is 14.9 Å². The van der Waals surface area contributed by atoms with Gasteiger partial charge in [0.25, 0.3) is 5.56 Å². The Hall–Kier alpha value is -1.51. The molecule has 2 heterocycles. The van der Waals surface area contributed by atoms with Crippen LogP contribution in [0, 0.1) is 0 Å². The van der Waals surface area contributed by atoms with E-state index in [1.165, 1.54) is 0 Å². The molecular formula is C10H13FN2O5. The van der Waals surface area contributed by atoms with Gasteiger partial charge in [-0.3, -0.25) is 9.36 Å². The van der Waals surface area contributed by atoms with Crippen molar-refractivity contribution in [2.75, 3.05) is 6.61 Å². The first-order valence-corrected chi connectivity index (χ1v) is 5.41. The third-order valence-corrected chi connectivity index (χ3v) is 2.84. The summed E-state index contributed by atoms with van der Waals surface area (Å²) in [5, 5.41) is 17.8. The molecule has 2 N–H and O–H groups in total. The first kappa shape index (κ1) is 12.9. The first-order chi connectivity index (χ1) is 8.58. The zero-order chi connectivity index (χ0) is 13.3. The summed E-state index contributed by atoms with van der Waals surface area (Å²) < 4.78 is 20.3. The van der Waals surface area contributed by atoms with Gasteiger partial charge in [0.15, 0.2) is 6.23 Å². The summed E-state index contributed by atoms with van der Waals surface area (Å²) in [6.45, 7) is -1.13. The van der Waals surface area contributed by atoms with Crippen LogP contribution in [0.5, 0.6) is 0 Å². The van der Waals surface area contributed by atoms with Gasteiger partial charge in [-0.1, -0.05) is 0 Å². The maximum Gasteiger partial charge on any atom is 0.335 e. The van der Waals surface area contributed by atoms with Crippen LogP contribution in [0.25, 0.3) is 0 Å². The van der Waals surface area contributed by atoms with Crippen molar-refractivity contribution in [2.24, 2.45) is 0 Å². The molecule has 1 aromatic rings. The summed E-state index contributed by atoms with van der Waals surface area (Å²) >= 11 is 0. The van der Waals surface area contributed by atoms with Gasteiger partial charge in [0, 0.05) is 18.7 Å². The van der Waals surface area contributed by atoms with Crippen LogP contribution in [-0.4, -0.2) is 38.2 Å². The van der Waals surface area contributed by atoms with E-state index in [0.29, 0.717) is 4.57 Å². The molecule has 1 unspecified atom stereocenters. The number of hydrogen-bond acceptors (Lipinski definition) is 5. The van der Waals surface area contributed by atoms with Crippen molar-refractivity contribution in [3.8, 4) is 0 Å². The molecule has 0 aromatic carbocycles. The quantitative estimate of drug-likeness (QED) is 0.695. The first-order valence-electron chi connectivity index (χ1n) is 5.41. The topological polar surface area (TPSA) is 93.7 Å². The van der Waals surface area contributed by atoms with E-state index in [1.54, 1.807) is 0 Å². The van der Waals surface area contributed by atoms with Crippen LogP contribution in [0.15, 0.2) is 21.9 Å². The van der Waals surface area contributed by atoms with Gasteiger partial charge in [0.05, 0.1) is 12.7 Å². The number of aliphatic hydroxyl groups is 2. The van der Waals surface area contributed by atoms with Crippen LogP contribution >= 0.6 is 0 Å². The number of halogens is 1. The van der Waals surface area contributed by atoms with Crippen molar-refractivity contribution in [1.82, 2.24) is 9.13 Å².